The van der Waals surface area contributed by atoms with Crippen molar-refractivity contribution in [3.05, 3.63) is 121 Å². The summed E-state index contributed by atoms with van der Waals surface area (Å²) in [4.78, 5) is 7.39. The molecule has 0 N–H and O–H groups in total. The zero-order chi connectivity index (χ0) is 27.8. The molecule has 5 aromatic carbocycles. The Morgan fingerprint density at radius 1 is 0.628 bits per heavy atom. The second-order valence-electron chi connectivity index (χ2n) is 11.5. The van der Waals surface area contributed by atoms with Crippen LogP contribution < -0.4 is 20.6 Å². The van der Waals surface area contributed by atoms with Gasteiger partial charge in [0, 0.05) is 54.0 Å². The molecule has 0 amide bonds. The van der Waals surface area contributed by atoms with Crippen molar-refractivity contribution in [2.75, 3.05) is 4.90 Å². The largest absolute Gasteiger partial charge is 0.454 e. The molecule has 0 bridgehead atoms. The molecule has 11 rings (SSSR count). The van der Waals surface area contributed by atoms with Crippen LogP contribution in [0, 0.1) is 0 Å². The number of anilines is 3. The van der Waals surface area contributed by atoms with E-state index in [0.717, 1.165) is 33.3 Å². The van der Waals surface area contributed by atoms with Crippen molar-refractivity contribution in [3.63, 3.8) is 0 Å². The first-order valence-electron chi connectivity index (χ1n) is 14.6. The Morgan fingerprint density at radius 2 is 1.37 bits per heavy atom. The lowest BCUT2D eigenvalue weighted by Crippen LogP contribution is -2.59. The van der Waals surface area contributed by atoms with Crippen molar-refractivity contribution in [2.24, 2.45) is 0 Å². The molecule has 0 fully saturated rings. The molecule has 2 aliphatic heterocycles. The predicted molar refractivity (Wildman–Crippen MR) is 181 cm³/mol. The second kappa shape index (κ2) is 7.74. The highest BCUT2D eigenvalue weighted by molar-refractivity contribution is 7.33. The summed E-state index contributed by atoms with van der Waals surface area (Å²) in [7, 11) is 0. The van der Waals surface area contributed by atoms with Gasteiger partial charge < -0.3 is 9.32 Å². The van der Waals surface area contributed by atoms with Crippen molar-refractivity contribution >= 4 is 105 Å². The highest BCUT2D eigenvalue weighted by Crippen LogP contribution is 2.48. The van der Waals surface area contributed by atoms with Crippen LogP contribution in [0.4, 0.5) is 17.1 Å². The first-order chi connectivity index (χ1) is 21.4. The van der Waals surface area contributed by atoms with E-state index in [1.54, 1.807) is 0 Å². The summed E-state index contributed by atoms with van der Waals surface area (Å²) in [6.07, 6.45) is 1.91. The summed E-state index contributed by atoms with van der Waals surface area (Å²) in [5, 5.41) is 5.99. The van der Waals surface area contributed by atoms with Crippen LogP contribution >= 0.6 is 11.3 Å². The van der Waals surface area contributed by atoms with Gasteiger partial charge in [0.2, 0.25) is 0 Å². The maximum Gasteiger partial charge on any atom is 0.264 e. The zero-order valence-corrected chi connectivity index (χ0v) is 23.6. The van der Waals surface area contributed by atoms with Crippen molar-refractivity contribution < 1.29 is 4.42 Å². The molecule has 2 aliphatic rings. The summed E-state index contributed by atoms with van der Waals surface area (Å²) in [6, 6.07) is 41.5. The summed E-state index contributed by atoms with van der Waals surface area (Å²) < 4.78 is 11.7. The summed E-state index contributed by atoms with van der Waals surface area (Å²) in [5.41, 5.74) is 11.4. The fraction of sp³-hybridized carbons (Fsp3) is 0. The minimum atomic E-state index is 0.116. The number of fused-ring (bicyclic) bond motifs is 12. The van der Waals surface area contributed by atoms with Crippen LogP contribution in [0.25, 0.3) is 59.6 Å². The van der Waals surface area contributed by atoms with Gasteiger partial charge in [-0.25, -0.2) is 4.98 Å². The fourth-order valence-electron chi connectivity index (χ4n) is 7.80. The minimum absolute atomic E-state index is 0.116. The van der Waals surface area contributed by atoms with E-state index in [1.807, 2.05) is 29.7 Å². The molecular weight excluding hydrogens is 545 g/mol. The molecule has 4 aromatic heterocycles. The van der Waals surface area contributed by atoms with Crippen LogP contribution in [0.5, 0.6) is 0 Å². The van der Waals surface area contributed by atoms with Gasteiger partial charge in [0.15, 0.2) is 5.58 Å². The Bertz CT molecular complexity index is 2660. The lowest BCUT2D eigenvalue weighted by Gasteiger charge is -2.38. The van der Waals surface area contributed by atoms with Crippen LogP contribution in [0.3, 0.4) is 0 Å². The number of pyridine rings is 1. The smallest absolute Gasteiger partial charge is 0.264 e. The highest BCUT2D eigenvalue weighted by Gasteiger charge is 2.44. The van der Waals surface area contributed by atoms with Crippen LogP contribution in [-0.2, 0) is 0 Å². The van der Waals surface area contributed by atoms with Gasteiger partial charge in [-0.3, -0.25) is 4.57 Å². The topological polar surface area (TPSA) is 34.2 Å². The van der Waals surface area contributed by atoms with Crippen molar-refractivity contribution in [2.45, 2.75) is 0 Å². The van der Waals surface area contributed by atoms with Gasteiger partial charge in [0.1, 0.15) is 11.2 Å². The van der Waals surface area contributed by atoms with Crippen LogP contribution in [0.2, 0.25) is 0 Å². The molecule has 0 atom stereocenters. The maximum absolute atomic E-state index is 6.65. The van der Waals surface area contributed by atoms with E-state index in [0.29, 0.717) is 0 Å². The molecule has 9 aromatic rings. The third-order valence-corrected chi connectivity index (χ3v) is 10.7. The van der Waals surface area contributed by atoms with Crippen LogP contribution in [0.1, 0.15) is 0 Å². The molecule has 0 aliphatic carbocycles. The van der Waals surface area contributed by atoms with Gasteiger partial charge in [-0.2, -0.15) is 0 Å². The Kier molecular flexibility index (Phi) is 4.01. The Hall–Kier alpha value is -5.33. The molecule has 6 heteroatoms. The number of nitrogens with zero attached hydrogens (tertiary/aromatic N) is 3. The second-order valence-corrected chi connectivity index (χ2v) is 12.6. The Balaban J connectivity index is 1.33. The molecule has 198 valence electrons. The van der Waals surface area contributed by atoms with Crippen molar-refractivity contribution in [1.29, 1.82) is 0 Å². The van der Waals surface area contributed by atoms with E-state index in [4.69, 9.17) is 9.40 Å². The maximum atomic E-state index is 6.65. The molecular formula is C37H20BN3OS. The number of benzene rings is 5. The lowest BCUT2D eigenvalue weighted by atomic mass is 9.36. The number of rotatable bonds is 1. The molecule has 0 spiro atoms. The average Bonchev–Trinajstić information content (AvgIpc) is 3.74. The van der Waals surface area contributed by atoms with Gasteiger partial charge in [-0.1, -0.05) is 72.8 Å². The SMILES string of the molecule is c1cc2c3c(c1)-n1c4ncccc4c4cccc(c41)B3c1sc3ccccc3c1N2c1cccc2c1oc1ccccc12. The third-order valence-electron chi connectivity index (χ3n) is 9.43. The van der Waals surface area contributed by atoms with Gasteiger partial charge >= 0.3 is 0 Å². The quantitative estimate of drug-likeness (QED) is 0.190. The van der Waals surface area contributed by atoms with Crippen LogP contribution in [-0.4, -0.2) is 16.3 Å². The molecule has 0 saturated carbocycles. The number of para-hydroxylation sites is 3. The predicted octanol–water partition coefficient (Wildman–Crippen LogP) is 7.91. The highest BCUT2D eigenvalue weighted by atomic mass is 32.1. The number of furan rings is 1. The lowest BCUT2D eigenvalue weighted by molar-refractivity contribution is 0.669. The minimum Gasteiger partial charge on any atom is -0.454 e. The van der Waals surface area contributed by atoms with Gasteiger partial charge in [0.05, 0.1) is 16.9 Å². The van der Waals surface area contributed by atoms with E-state index < -0.39 is 0 Å². The van der Waals surface area contributed by atoms with Crippen molar-refractivity contribution in [1.82, 2.24) is 9.55 Å². The first-order valence-corrected chi connectivity index (χ1v) is 15.4. The normalized spacial score (nSPS) is 13.5. The van der Waals surface area contributed by atoms with Gasteiger partial charge in [-0.05, 0) is 53.4 Å². The standard InChI is InChI=1S/C37H20BN3OS/c1-3-18-30-21(9-1)23-12-6-17-29(35(23)42-30)40-27-15-7-16-28-32(27)38(36-34(40)25-10-2-4-19-31(25)43-36)26-14-5-11-22-24-13-8-20-39-37(24)41(28)33(22)26/h1-20H. The monoisotopic (exact) mass is 565 g/mol. The van der Waals surface area contributed by atoms with E-state index in [2.05, 4.69) is 113 Å². The summed E-state index contributed by atoms with van der Waals surface area (Å²) in [6.45, 7) is 0.116. The van der Waals surface area contributed by atoms with Gasteiger partial charge in [-0.15, -0.1) is 11.3 Å². The average molecular weight is 565 g/mol. The Labute approximate surface area is 250 Å². The summed E-state index contributed by atoms with van der Waals surface area (Å²) in [5.74, 6) is 0. The van der Waals surface area contributed by atoms with Crippen molar-refractivity contribution in [3.8, 4) is 5.69 Å². The number of thiophene rings is 1. The van der Waals surface area contributed by atoms with E-state index in [1.165, 1.54) is 59.1 Å². The van der Waals surface area contributed by atoms with E-state index >= 15 is 0 Å². The number of aromatic nitrogens is 2. The molecule has 6 heterocycles. The molecule has 0 saturated heterocycles. The molecule has 0 unspecified atom stereocenters. The third kappa shape index (κ3) is 2.62. The number of hydrogen-bond donors (Lipinski definition) is 0. The summed E-state index contributed by atoms with van der Waals surface area (Å²) >= 11 is 1.92. The van der Waals surface area contributed by atoms with Gasteiger partial charge in [0.25, 0.3) is 6.71 Å². The fourth-order valence-corrected chi connectivity index (χ4v) is 9.12. The number of hydrogen-bond acceptors (Lipinski definition) is 4. The zero-order valence-electron chi connectivity index (χ0n) is 22.8. The van der Waals surface area contributed by atoms with E-state index in [-0.39, 0.29) is 6.71 Å². The molecule has 0 radical (unpaired) electrons. The van der Waals surface area contributed by atoms with Crippen LogP contribution in [0.15, 0.2) is 126 Å². The molecule has 4 nitrogen and oxygen atoms in total. The van der Waals surface area contributed by atoms with E-state index in [9.17, 15) is 0 Å². The first kappa shape index (κ1) is 22.3. The Morgan fingerprint density at radius 3 is 2.35 bits per heavy atom. The molecule has 43 heavy (non-hydrogen) atoms.